The Balaban J connectivity index is 0.00000450. The first kappa shape index (κ1) is 25.7. The quantitative estimate of drug-likeness (QED) is 0.276. The SMILES string of the molecule is CN=C(NCc1ccc(C(=O)NC)cc1)NC(C)c1ccc(OCC(C)C)cc1.I. The highest BCUT2D eigenvalue weighted by Crippen LogP contribution is 2.18. The predicted molar refractivity (Wildman–Crippen MR) is 134 cm³/mol. The van der Waals surface area contributed by atoms with Crippen molar-refractivity contribution in [3.8, 4) is 5.75 Å². The van der Waals surface area contributed by atoms with Gasteiger partial charge in [-0.05, 0) is 48.2 Å². The molecule has 6 nitrogen and oxygen atoms in total. The largest absolute Gasteiger partial charge is 0.493 e. The van der Waals surface area contributed by atoms with E-state index in [0.717, 1.165) is 16.9 Å². The Hall–Kier alpha value is -2.29. The zero-order valence-corrected chi connectivity index (χ0v) is 20.7. The summed E-state index contributed by atoms with van der Waals surface area (Å²) in [4.78, 5) is 15.9. The van der Waals surface area contributed by atoms with Crippen LogP contribution in [0.5, 0.6) is 5.75 Å². The minimum atomic E-state index is -0.0866. The van der Waals surface area contributed by atoms with Crippen molar-refractivity contribution < 1.29 is 9.53 Å². The van der Waals surface area contributed by atoms with Crippen molar-refractivity contribution in [1.82, 2.24) is 16.0 Å². The zero-order valence-electron chi connectivity index (χ0n) is 18.4. The van der Waals surface area contributed by atoms with Gasteiger partial charge in [0, 0.05) is 26.2 Å². The number of hydrogen-bond donors (Lipinski definition) is 3. The molecule has 0 aliphatic rings. The number of hydrogen-bond acceptors (Lipinski definition) is 3. The number of amides is 1. The highest BCUT2D eigenvalue weighted by molar-refractivity contribution is 14.0. The van der Waals surface area contributed by atoms with Gasteiger partial charge in [0.1, 0.15) is 5.75 Å². The van der Waals surface area contributed by atoms with E-state index >= 15 is 0 Å². The molecule has 2 rings (SSSR count). The molecule has 1 atom stereocenters. The Bertz CT molecular complexity index is 805. The molecular formula is C23H33IN4O2. The molecule has 0 saturated heterocycles. The standard InChI is InChI=1S/C23H32N4O2.HI/c1-16(2)15-29-21-12-10-19(11-13-21)17(3)27-23(25-5)26-14-18-6-8-20(9-7-18)22(28)24-4;/h6-13,16-17H,14-15H2,1-5H3,(H,24,28)(H2,25,26,27);1H. The fraction of sp³-hybridized carbons (Fsp3) is 0.391. The molecule has 0 radical (unpaired) electrons. The van der Waals surface area contributed by atoms with Crippen molar-refractivity contribution in [3.63, 3.8) is 0 Å². The first-order chi connectivity index (χ1) is 13.9. The van der Waals surface area contributed by atoms with Crippen LogP contribution in [0, 0.1) is 5.92 Å². The van der Waals surface area contributed by atoms with E-state index in [1.54, 1.807) is 14.1 Å². The van der Waals surface area contributed by atoms with E-state index in [2.05, 4.69) is 53.8 Å². The van der Waals surface area contributed by atoms with E-state index in [0.29, 0.717) is 30.6 Å². The summed E-state index contributed by atoms with van der Waals surface area (Å²) in [6, 6.07) is 15.7. The first-order valence-electron chi connectivity index (χ1n) is 9.94. The topological polar surface area (TPSA) is 74.8 Å². The number of carbonyl (C=O) groups excluding carboxylic acids is 1. The lowest BCUT2D eigenvalue weighted by Gasteiger charge is -2.19. The summed E-state index contributed by atoms with van der Waals surface area (Å²) >= 11 is 0. The van der Waals surface area contributed by atoms with Crippen LogP contribution in [0.2, 0.25) is 0 Å². The van der Waals surface area contributed by atoms with Crippen LogP contribution in [-0.4, -0.2) is 32.6 Å². The van der Waals surface area contributed by atoms with E-state index in [4.69, 9.17) is 4.74 Å². The van der Waals surface area contributed by atoms with Gasteiger partial charge < -0.3 is 20.7 Å². The lowest BCUT2D eigenvalue weighted by molar-refractivity contribution is 0.0963. The molecule has 2 aromatic rings. The van der Waals surface area contributed by atoms with Gasteiger partial charge in [-0.15, -0.1) is 24.0 Å². The van der Waals surface area contributed by atoms with E-state index in [-0.39, 0.29) is 35.9 Å². The van der Waals surface area contributed by atoms with Gasteiger partial charge in [0.15, 0.2) is 5.96 Å². The highest BCUT2D eigenvalue weighted by Gasteiger charge is 2.09. The fourth-order valence-corrected chi connectivity index (χ4v) is 2.70. The Kier molecular flexibility index (Phi) is 11.2. The molecule has 0 heterocycles. The maximum absolute atomic E-state index is 11.6. The predicted octanol–water partition coefficient (Wildman–Crippen LogP) is 4.13. The molecule has 7 heteroatoms. The first-order valence-corrected chi connectivity index (χ1v) is 9.94. The second-order valence-electron chi connectivity index (χ2n) is 7.34. The lowest BCUT2D eigenvalue weighted by Crippen LogP contribution is -2.38. The van der Waals surface area contributed by atoms with Gasteiger partial charge in [-0.1, -0.05) is 38.1 Å². The van der Waals surface area contributed by atoms with Crippen molar-refractivity contribution in [2.45, 2.75) is 33.4 Å². The summed E-state index contributed by atoms with van der Waals surface area (Å²) in [6.07, 6.45) is 0. The van der Waals surface area contributed by atoms with Crippen molar-refractivity contribution in [1.29, 1.82) is 0 Å². The third kappa shape index (κ3) is 8.22. The zero-order chi connectivity index (χ0) is 21.2. The number of guanidine groups is 1. The number of rotatable bonds is 8. The third-order valence-corrected chi connectivity index (χ3v) is 4.44. The summed E-state index contributed by atoms with van der Waals surface area (Å²) in [5.41, 5.74) is 2.87. The molecule has 1 unspecified atom stereocenters. The van der Waals surface area contributed by atoms with Crippen molar-refractivity contribution in [2.24, 2.45) is 10.9 Å². The molecule has 164 valence electrons. The second kappa shape index (κ2) is 13.1. The maximum atomic E-state index is 11.6. The number of nitrogens with one attached hydrogen (secondary N) is 3. The molecule has 3 N–H and O–H groups in total. The summed E-state index contributed by atoms with van der Waals surface area (Å²) < 4.78 is 5.74. The van der Waals surface area contributed by atoms with Gasteiger partial charge in [0.05, 0.1) is 12.6 Å². The van der Waals surface area contributed by atoms with Crippen LogP contribution < -0.4 is 20.7 Å². The summed E-state index contributed by atoms with van der Waals surface area (Å²) in [6.45, 7) is 7.69. The molecular weight excluding hydrogens is 491 g/mol. The maximum Gasteiger partial charge on any atom is 0.251 e. The Labute approximate surface area is 196 Å². The average molecular weight is 524 g/mol. The molecule has 0 bridgehead atoms. The van der Waals surface area contributed by atoms with Crippen LogP contribution in [0.15, 0.2) is 53.5 Å². The molecule has 2 aromatic carbocycles. The summed E-state index contributed by atoms with van der Waals surface area (Å²) in [5.74, 6) is 2.02. The van der Waals surface area contributed by atoms with E-state index in [9.17, 15) is 4.79 Å². The van der Waals surface area contributed by atoms with Crippen molar-refractivity contribution in [3.05, 3.63) is 65.2 Å². The second-order valence-corrected chi connectivity index (χ2v) is 7.34. The van der Waals surface area contributed by atoms with E-state index in [1.807, 2.05) is 36.4 Å². The van der Waals surface area contributed by atoms with Gasteiger partial charge in [0.25, 0.3) is 5.91 Å². The summed E-state index contributed by atoms with van der Waals surface area (Å²) in [7, 11) is 3.38. The number of aliphatic imine (C=N–C) groups is 1. The van der Waals surface area contributed by atoms with Crippen molar-refractivity contribution >= 4 is 35.8 Å². The molecule has 0 aliphatic heterocycles. The lowest BCUT2D eigenvalue weighted by atomic mass is 10.1. The monoisotopic (exact) mass is 524 g/mol. The average Bonchev–Trinajstić information content (AvgIpc) is 2.75. The summed E-state index contributed by atoms with van der Waals surface area (Å²) in [5, 5.41) is 9.32. The molecule has 30 heavy (non-hydrogen) atoms. The van der Waals surface area contributed by atoms with Crippen LogP contribution in [-0.2, 0) is 6.54 Å². The molecule has 0 aromatic heterocycles. The minimum absolute atomic E-state index is 0. The molecule has 0 fully saturated rings. The smallest absolute Gasteiger partial charge is 0.251 e. The van der Waals surface area contributed by atoms with Crippen LogP contribution in [0.3, 0.4) is 0 Å². The van der Waals surface area contributed by atoms with Crippen LogP contribution in [0.4, 0.5) is 0 Å². The van der Waals surface area contributed by atoms with Crippen LogP contribution in [0.25, 0.3) is 0 Å². The van der Waals surface area contributed by atoms with Gasteiger partial charge in [-0.2, -0.15) is 0 Å². The molecule has 1 amide bonds. The number of carbonyl (C=O) groups is 1. The third-order valence-electron chi connectivity index (χ3n) is 4.44. The van der Waals surface area contributed by atoms with Crippen LogP contribution in [0.1, 0.15) is 48.3 Å². The highest BCUT2D eigenvalue weighted by atomic mass is 127. The van der Waals surface area contributed by atoms with Gasteiger partial charge in [0.2, 0.25) is 0 Å². The number of ether oxygens (including phenoxy) is 1. The normalized spacial score (nSPS) is 12.0. The van der Waals surface area contributed by atoms with E-state index < -0.39 is 0 Å². The molecule has 0 aliphatic carbocycles. The Morgan fingerprint density at radius 1 is 1.03 bits per heavy atom. The van der Waals surface area contributed by atoms with Gasteiger partial charge >= 0.3 is 0 Å². The number of nitrogens with zero attached hydrogens (tertiary/aromatic N) is 1. The molecule has 0 saturated carbocycles. The van der Waals surface area contributed by atoms with Crippen LogP contribution >= 0.6 is 24.0 Å². The van der Waals surface area contributed by atoms with Gasteiger partial charge in [-0.3, -0.25) is 9.79 Å². The van der Waals surface area contributed by atoms with Crippen molar-refractivity contribution in [2.75, 3.05) is 20.7 Å². The number of halogens is 1. The Morgan fingerprint density at radius 2 is 1.67 bits per heavy atom. The molecule has 0 spiro atoms. The fourth-order valence-electron chi connectivity index (χ4n) is 2.70. The number of benzene rings is 2. The van der Waals surface area contributed by atoms with Gasteiger partial charge in [-0.25, -0.2) is 0 Å². The van der Waals surface area contributed by atoms with E-state index in [1.165, 1.54) is 0 Å². The Morgan fingerprint density at radius 3 is 2.20 bits per heavy atom. The minimum Gasteiger partial charge on any atom is -0.493 e.